The highest BCUT2D eigenvalue weighted by Gasteiger charge is 2.14. The zero-order valence-electron chi connectivity index (χ0n) is 13.3. The minimum atomic E-state index is -0.459. The fraction of sp³-hybridized carbons (Fsp3) is 0.438. The van der Waals surface area contributed by atoms with Gasteiger partial charge in [0.05, 0.1) is 19.3 Å². The number of nitrogens with zero attached hydrogens (tertiary/aromatic N) is 3. The summed E-state index contributed by atoms with van der Waals surface area (Å²) in [6.07, 6.45) is 3.13. The van der Waals surface area contributed by atoms with Crippen molar-refractivity contribution in [1.29, 1.82) is 0 Å². The lowest BCUT2D eigenvalue weighted by Gasteiger charge is -2.11. The Morgan fingerprint density at radius 3 is 2.78 bits per heavy atom. The molecule has 0 saturated heterocycles. The van der Waals surface area contributed by atoms with E-state index in [1.807, 2.05) is 13.8 Å². The van der Waals surface area contributed by atoms with Crippen LogP contribution >= 0.6 is 0 Å². The van der Waals surface area contributed by atoms with Crippen molar-refractivity contribution in [2.75, 3.05) is 0 Å². The molecule has 7 heteroatoms. The van der Waals surface area contributed by atoms with Gasteiger partial charge in [0.1, 0.15) is 17.2 Å². The van der Waals surface area contributed by atoms with Crippen LogP contribution in [-0.4, -0.2) is 26.0 Å². The summed E-state index contributed by atoms with van der Waals surface area (Å²) in [5.41, 5.74) is 1.33. The summed E-state index contributed by atoms with van der Waals surface area (Å²) in [6, 6.07) is 4.29. The number of carbonyl (C=O) groups is 1. The minimum Gasteiger partial charge on any atom is -0.392 e. The van der Waals surface area contributed by atoms with Gasteiger partial charge in [0.15, 0.2) is 0 Å². The smallest absolute Gasteiger partial charge is 0.223 e. The molecule has 2 rings (SSSR count). The van der Waals surface area contributed by atoms with Crippen LogP contribution in [-0.2, 0) is 17.9 Å². The molecule has 124 valence electrons. The summed E-state index contributed by atoms with van der Waals surface area (Å²) in [7, 11) is 0. The van der Waals surface area contributed by atoms with Crippen molar-refractivity contribution in [3.8, 4) is 5.69 Å². The first-order valence-corrected chi connectivity index (χ1v) is 7.67. The monoisotopic (exact) mass is 320 g/mol. The number of hydrogen-bond donors (Lipinski definition) is 2. The number of rotatable bonds is 7. The third-order valence-electron chi connectivity index (χ3n) is 3.78. The molecule has 0 fully saturated rings. The summed E-state index contributed by atoms with van der Waals surface area (Å²) in [4.78, 5) is 11.9. The number of benzene rings is 1. The molecule has 0 radical (unpaired) electrons. The Bertz CT molecular complexity index is 668. The van der Waals surface area contributed by atoms with E-state index in [9.17, 15) is 9.18 Å². The predicted molar refractivity (Wildman–Crippen MR) is 83.2 cm³/mol. The van der Waals surface area contributed by atoms with Crippen molar-refractivity contribution in [3.05, 3.63) is 41.5 Å². The highest BCUT2D eigenvalue weighted by molar-refractivity contribution is 5.78. The highest BCUT2D eigenvalue weighted by Crippen LogP contribution is 2.15. The van der Waals surface area contributed by atoms with Crippen LogP contribution in [0.2, 0.25) is 0 Å². The maximum Gasteiger partial charge on any atom is 0.223 e. The lowest BCUT2D eigenvalue weighted by Crippen LogP contribution is -2.29. The standard InChI is InChI=1S/C16H21FN4O2/c1-3-12(4-2)16(23)18-8-13-9-21(20-19-13)15-7-11(10-22)5-6-14(15)17/h5-7,9,12,22H,3-4,8,10H2,1-2H3,(H,18,23). The first-order valence-electron chi connectivity index (χ1n) is 7.67. The van der Waals surface area contributed by atoms with Gasteiger partial charge < -0.3 is 10.4 Å². The first-order chi connectivity index (χ1) is 11.1. The number of nitrogens with one attached hydrogen (secondary N) is 1. The molecular formula is C16H21FN4O2. The van der Waals surface area contributed by atoms with E-state index in [0.29, 0.717) is 11.3 Å². The quantitative estimate of drug-likeness (QED) is 0.817. The molecule has 1 aromatic heterocycles. The second-order valence-electron chi connectivity index (χ2n) is 5.33. The Balaban J connectivity index is 2.08. The number of aliphatic hydroxyl groups excluding tert-OH is 1. The largest absolute Gasteiger partial charge is 0.392 e. The summed E-state index contributed by atoms with van der Waals surface area (Å²) in [5, 5.41) is 19.8. The molecule has 0 bridgehead atoms. The number of hydrogen-bond acceptors (Lipinski definition) is 4. The van der Waals surface area contributed by atoms with Crippen molar-refractivity contribution in [2.45, 2.75) is 39.8 Å². The van der Waals surface area contributed by atoms with Gasteiger partial charge in [-0.05, 0) is 30.5 Å². The van der Waals surface area contributed by atoms with Crippen LogP contribution in [0.3, 0.4) is 0 Å². The fourth-order valence-electron chi connectivity index (χ4n) is 2.31. The Morgan fingerprint density at radius 2 is 2.13 bits per heavy atom. The summed E-state index contributed by atoms with van der Waals surface area (Å²) >= 11 is 0. The van der Waals surface area contributed by atoms with Crippen LogP contribution < -0.4 is 5.32 Å². The molecule has 1 amide bonds. The molecule has 2 N–H and O–H groups in total. The van der Waals surface area contributed by atoms with E-state index in [1.165, 1.54) is 22.9 Å². The zero-order chi connectivity index (χ0) is 16.8. The van der Waals surface area contributed by atoms with Gasteiger partial charge in [-0.3, -0.25) is 4.79 Å². The third-order valence-corrected chi connectivity index (χ3v) is 3.78. The normalized spacial score (nSPS) is 11.0. The van der Waals surface area contributed by atoms with Crippen LogP contribution in [0.25, 0.3) is 5.69 Å². The SMILES string of the molecule is CCC(CC)C(=O)NCc1cn(-c2cc(CO)ccc2F)nn1. The van der Waals surface area contributed by atoms with E-state index in [0.717, 1.165) is 12.8 Å². The molecular weight excluding hydrogens is 299 g/mol. The van der Waals surface area contributed by atoms with Crippen LogP contribution in [0.15, 0.2) is 24.4 Å². The van der Waals surface area contributed by atoms with Gasteiger partial charge in [-0.2, -0.15) is 0 Å². The lowest BCUT2D eigenvalue weighted by molar-refractivity contribution is -0.125. The molecule has 0 aliphatic carbocycles. The van der Waals surface area contributed by atoms with E-state index in [2.05, 4.69) is 15.6 Å². The van der Waals surface area contributed by atoms with Crippen molar-refractivity contribution in [1.82, 2.24) is 20.3 Å². The molecule has 2 aromatic rings. The van der Waals surface area contributed by atoms with Gasteiger partial charge in [0.2, 0.25) is 5.91 Å². The number of carbonyl (C=O) groups excluding carboxylic acids is 1. The lowest BCUT2D eigenvalue weighted by atomic mass is 10.0. The molecule has 0 aliphatic rings. The van der Waals surface area contributed by atoms with Crippen LogP contribution in [0.5, 0.6) is 0 Å². The molecule has 0 spiro atoms. The molecule has 23 heavy (non-hydrogen) atoms. The van der Waals surface area contributed by atoms with Crippen molar-refractivity contribution < 1.29 is 14.3 Å². The average Bonchev–Trinajstić information content (AvgIpc) is 3.03. The average molecular weight is 320 g/mol. The zero-order valence-corrected chi connectivity index (χ0v) is 13.3. The van der Waals surface area contributed by atoms with E-state index >= 15 is 0 Å². The second-order valence-corrected chi connectivity index (χ2v) is 5.33. The molecule has 0 saturated carbocycles. The number of aliphatic hydroxyl groups is 1. The highest BCUT2D eigenvalue weighted by atomic mass is 19.1. The first kappa shape index (κ1) is 17.1. The van der Waals surface area contributed by atoms with Crippen LogP contribution in [0.4, 0.5) is 4.39 Å². The van der Waals surface area contributed by atoms with Crippen molar-refractivity contribution >= 4 is 5.91 Å². The van der Waals surface area contributed by atoms with Crippen molar-refractivity contribution in [3.63, 3.8) is 0 Å². The second kappa shape index (κ2) is 7.82. The van der Waals surface area contributed by atoms with Crippen LogP contribution in [0.1, 0.15) is 37.9 Å². The summed E-state index contributed by atoms with van der Waals surface area (Å²) in [5.74, 6) is -0.485. The fourth-order valence-corrected chi connectivity index (χ4v) is 2.31. The summed E-state index contributed by atoms with van der Waals surface area (Å²) in [6.45, 7) is 4.01. The molecule has 1 aromatic carbocycles. The van der Waals surface area contributed by atoms with Gasteiger partial charge in [0.25, 0.3) is 0 Å². The molecule has 6 nitrogen and oxygen atoms in total. The topological polar surface area (TPSA) is 80.0 Å². The Morgan fingerprint density at radius 1 is 1.39 bits per heavy atom. The van der Waals surface area contributed by atoms with E-state index < -0.39 is 5.82 Å². The van der Waals surface area contributed by atoms with Gasteiger partial charge in [-0.25, -0.2) is 9.07 Å². The molecule has 1 heterocycles. The van der Waals surface area contributed by atoms with Crippen molar-refractivity contribution in [2.24, 2.45) is 5.92 Å². The van der Waals surface area contributed by atoms with Gasteiger partial charge in [-0.15, -0.1) is 5.10 Å². The van der Waals surface area contributed by atoms with Crippen LogP contribution in [0, 0.1) is 11.7 Å². The van der Waals surface area contributed by atoms with E-state index in [4.69, 9.17) is 5.11 Å². The Labute approximate surface area is 134 Å². The van der Waals surface area contributed by atoms with Gasteiger partial charge >= 0.3 is 0 Å². The maximum atomic E-state index is 13.9. The molecule has 0 aliphatic heterocycles. The third kappa shape index (κ3) is 4.13. The number of aromatic nitrogens is 3. The molecule has 0 atom stereocenters. The maximum absolute atomic E-state index is 13.9. The van der Waals surface area contributed by atoms with E-state index in [1.54, 1.807) is 6.20 Å². The predicted octanol–water partition coefficient (Wildman–Crippen LogP) is 1.95. The Hall–Kier alpha value is -2.28. The van der Waals surface area contributed by atoms with Gasteiger partial charge in [-0.1, -0.05) is 25.1 Å². The van der Waals surface area contributed by atoms with E-state index in [-0.39, 0.29) is 30.7 Å². The van der Waals surface area contributed by atoms with Gasteiger partial charge in [0, 0.05) is 5.92 Å². The minimum absolute atomic E-state index is 0.0104. The Kier molecular flexibility index (Phi) is 5.81. The number of halogens is 1. The summed E-state index contributed by atoms with van der Waals surface area (Å²) < 4.78 is 15.2. The molecule has 0 unspecified atom stereocenters. The number of amides is 1.